The molecular formula is C20H22N2O3. The first-order valence-electron chi connectivity index (χ1n) is 8.31. The van der Waals surface area contributed by atoms with E-state index in [1.807, 2.05) is 56.3 Å². The molecule has 3 rings (SSSR count). The molecule has 2 amide bonds. The van der Waals surface area contributed by atoms with Crippen molar-refractivity contribution in [3.63, 3.8) is 0 Å². The molecule has 1 heterocycles. The van der Waals surface area contributed by atoms with E-state index in [-0.39, 0.29) is 24.2 Å². The Hall–Kier alpha value is -2.82. The van der Waals surface area contributed by atoms with E-state index in [0.29, 0.717) is 18.0 Å². The van der Waals surface area contributed by atoms with E-state index < -0.39 is 0 Å². The number of para-hydroxylation sites is 2. The van der Waals surface area contributed by atoms with E-state index in [2.05, 4.69) is 5.32 Å². The van der Waals surface area contributed by atoms with Crippen molar-refractivity contribution in [3.05, 3.63) is 53.6 Å². The first-order valence-corrected chi connectivity index (χ1v) is 8.31. The van der Waals surface area contributed by atoms with E-state index in [1.165, 1.54) is 5.56 Å². The van der Waals surface area contributed by atoms with Gasteiger partial charge in [0.2, 0.25) is 11.8 Å². The lowest BCUT2D eigenvalue weighted by molar-refractivity contribution is -0.122. The monoisotopic (exact) mass is 338 g/mol. The molecule has 0 radical (unpaired) electrons. The van der Waals surface area contributed by atoms with Gasteiger partial charge in [0.25, 0.3) is 0 Å². The second-order valence-electron chi connectivity index (χ2n) is 6.37. The van der Waals surface area contributed by atoms with Gasteiger partial charge in [-0.2, -0.15) is 0 Å². The molecule has 2 aromatic carbocycles. The molecule has 1 fully saturated rings. The molecule has 0 unspecified atom stereocenters. The van der Waals surface area contributed by atoms with Crippen LogP contribution in [0.15, 0.2) is 42.5 Å². The van der Waals surface area contributed by atoms with Crippen molar-refractivity contribution in [2.45, 2.75) is 20.3 Å². The summed E-state index contributed by atoms with van der Waals surface area (Å²) < 4.78 is 5.33. The summed E-state index contributed by atoms with van der Waals surface area (Å²) in [6.07, 6.45) is 0.203. The molecule has 1 aliphatic rings. The van der Waals surface area contributed by atoms with Crippen LogP contribution in [0.1, 0.15) is 17.5 Å². The van der Waals surface area contributed by atoms with Gasteiger partial charge in [-0.05, 0) is 49.2 Å². The molecule has 1 N–H and O–H groups in total. The van der Waals surface area contributed by atoms with Gasteiger partial charge in [0.05, 0.1) is 18.7 Å². The van der Waals surface area contributed by atoms with E-state index in [9.17, 15) is 9.59 Å². The first kappa shape index (κ1) is 17.0. The van der Waals surface area contributed by atoms with Crippen molar-refractivity contribution < 1.29 is 14.3 Å². The van der Waals surface area contributed by atoms with Crippen LogP contribution in [0.4, 0.5) is 11.4 Å². The summed E-state index contributed by atoms with van der Waals surface area (Å²) in [5.74, 6) is 0.0591. The van der Waals surface area contributed by atoms with Crippen molar-refractivity contribution in [3.8, 4) is 5.75 Å². The first-order chi connectivity index (χ1) is 12.0. The Balaban J connectivity index is 1.73. The fraction of sp³-hybridized carbons (Fsp3) is 0.300. The molecule has 5 nitrogen and oxygen atoms in total. The highest BCUT2D eigenvalue weighted by Crippen LogP contribution is 2.33. The Kier molecular flexibility index (Phi) is 4.74. The Labute approximate surface area is 147 Å². The normalized spacial score (nSPS) is 16.8. The van der Waals surface area contributed by atoms with E-state index in [4.69, 9.17) is 4.74 Å². The topological polar surface area (TPSA) is 58.6 Å². The Bertz CT molecular complexity index is 816. The zero-order valence-corrected chi connectivity index (χ0v) is 14.7. The summed E-state index contributed by atoms with van der Waals surface area (Å²) in [4.78, 5) is 26.6. The van der Waals surface area contributed by atoms with Gasteiger partial charge in [0.15, 0.2) is 0 Å². The van der Waals surface area contributed by atoms with Gasteiger partial charge >= 0.3 is 0 Å². The molecule has 1 saturated heterocycles. The summed E-state index contributed by atoms with van der Waals surface area (Å²) in [5, 5.41) is 2.92. The molecule has 0 saturated carbocycles. The molecule has 0 aromatic heterocycles. The van der Waals surface area contributed by atoms with Crippen LogP contribution in [0.3, 0.4) is 0 Å². The fourth-order valence-electron chi connectivity index (χ4n) is 3.03. The Morgan fingerprint density at radius 3 is 2.64 bits per heavy atom. The van der Waals surface area contributed by atoms with Crippen molar-refractivity contribution in [1.82, 2.24) is 0 Å². The number of methoxy groups -OCH3 is 1. The van der Waals surface area contributed by atoms with Crippen LogP contribution in [0.25, 0.3) is 0 Å². The van der Waals surface area contributed by atoms with Crippen LogP contribution >= 0.6 is 0 Å². The SMILES string of the molecule is COc1ccccc1N1C[C@H](C(=O)Nc2ccc(C)c(C)c2)CC1=O. The highest BCUT2D eigenvalue weighted by Gasteiger charge is 2.36. The maximum Gasteiger partial charge on any atom is 0.229 e. The van der Waals surface area contributed by atoms with Crippen LogP contribution in [0, 0.1) is 19.8 Å². The van der Waals surface area contributed by atoms with Gasteiger partial charge in [-0.15, -0.1) is 0 Å². The minimum absolute atomic E-state index is 0.0651. The van der Waals surface area contributed by atoms with Gasteiger partial charge in [-0.1, -0.05) is 18.2 Å². The smallest absolute Gasteiger partial charge is 0.229 e. The summed E-state index contributed by atoms with van der Waals surface area (Å²) in [6, 6.07) is 13.2. The van der Waals surface area contributed by atoms with Crippen LogP contribution in [0.2, 0.25) is 0 Å². The lowest BCUT2D eigenvalue weighted by Crippen LogP contribution is -2.28. The number of anilines is 2. The fourth-order valence-corrected chi connectivity index (χ4v) is 3.03. The average molecular weight is 338 g/mol. The van der Waals surface area contributed by atoms with Crippen LogP contribution in [0.5, 0.6) is 5.75 Å². The Morgan fingerprint density at radius 2 is 1.92 bits per heavy atom. The number of carbonyl (C=O) groups excluding carboxylic acids is 2. The van der Waals surface area contributed by atoms with E-state index in [1.54, 1.807) is 12.0 Å². The summed E-state index contributed by atoms with van der Waals surface area (Å²) >= 11 is 0. The predicted octanol–water partition coefficient (Wildman–Crippen LogP) is 3.30. The summed E-state index contributed by atoms with van der Waals surface area (Å²) in [6.45, 7) is 4.39. The van der Waals surface area contributed by atoms with E-state index >= 15 is 0 Å². The molecule has 5 heteroatoms. The van der Waals surface area contributed by atoms with Crippen molar-refractivity contribution in [2.24, 2.45) is 5.92 Å². The zero-order valence-electron chi connectivity index (χ0n) is 14.7. The third-order valence-corrected chi connectivity index (χ3v) is 4.65. The number of rotatable bonds is 4. The highest BCUT2D eigenvalue weighted by molar-refractivity contribution is 6.04. The molecule has 25 heavy (non-hydrogen) atoms. The quantitative estimate of drug-likeness (QED) is 0.930. The summed E-state index contributed by atoms with van der Waals surface area (Å²) in [7, 11) is 1.57. The molecule has 0 aliphatic carbocycles. The number of ether oxygens (including phenoxy) is 1. The average Bonchev–Trinajstić information content (AvgIpc) is 3.00. The molecular weight excluding hydrogens is 316 g/mol. The molecule has 0 bridgehead atoms. The standard InChI is InChI=1S/C20H22N2O3/c1-13-8-9-16(10-14(13)2)21-20(24)15-11-19(23)22(12-15)17-6-4-5-7-18(17)25-3/h4-10,15H,11-12H2,1-3H3,(H,21,24)/t15-/m1/s1. The molecule has 130 valence electrons. The number of nitrogens with one attached hydrogen (secondary N) is 1. The van der Waals surface area contributed by atoms with E-state index in [0.717, 1.165) is 11.3 Å². The molecule has 1 atom stereocenters. The van der Waals surface area contributed by atoms with Crippen LogP contribution in [-0.2, 0) is 9.59 Å². The lowest BCUT2D eigenvalue weighted by Gasteiger charge is -2.19. The number of hydrogen-bond acceptors (Lipinski definition) is 3. The lowest BCUT2D eigenvalue weighted by atomic mass is 10.1. The van der Waals surface area contributed by atoms with Crippen molar-refractivity contribution >= 4 is 23.2 Å². The van der Waals surface area contributed by atoms with Crippen molar-refractivity contribution in [2.75, 3.05) is 23.9 Å². The predicted molar refractivity (Wildman–Crippen MR) is 98.0 cm³/mol. The van der Waals surface area contributed by atoms with Gasteiger partial charge in [0.1, 0.15) is 5.75 Å². The van der Waals surface area contributed by atoms with Gasteiger partial charge in [0, 0.05) is 18.7 Å². The second-order valence-corrected chi connectivity index (χ2v) is 6.37. The van der Waals surface area contributed by atoms with Crippen LogP contribution in [-0.4, -0.2) is 25.5 Å². The minimum atomic E-state index is -0.376. The van der Waals surface area contributed by atoms with Gasteiger partial charge in [-0.25, -0.2) is 0 Å². The zero-order chi connectivity index (χ0) is 18.0. The third kappa shape index (κ3) is 3.50. The third-order valence-electron chi connectivity index (χ3n) is 4.65. The van der Waals surface area contributed by atoms with Crippen LogP contribution < -0.4 is 15.0 Å². The van der Waals surface area contributed by atoms with Gasteiger partial charge in [-0.3, -0.25) is 9.59 Å². The maximum atomic E-state index is 12.6. The summed E-state index contributed by atoms with van der Waals surface area (Å²) in [5.41, 5.74) is 3.76. The molecule has 1 aliphatic heterocycles. The van der Waals surface area contributed by atoms with Gasteiger partial charge < -0.3 is 15.0 Å². The highest BCUT2D eigenvalue weighted by atomic mass is 16.5. The molecule has 2 aromatic rings. The number of amides is 2. The maximum absolute atomic E-state index is 12.6. The number of benzene rings is 2. The number of hydrogen-bond donors (Lipinski definition) is 1. The second kappa shape index (κ2) is 6.97. The largest absolute Gasteiger partial charge is 0.495 e. The number of aryl methyl sites for hydroxylation is 2. The molecule has 0 spiro atoms. The number of carbonyl (C=O) groups is 2. The van der Waals surface area contributed by atoms with Crippen molar-refractivity contribution in [1.29, 1.82) is 0 Å². The Morgan fingerprint density at radius 1 is 1.16 bits per heavy atom. The number of nitrogens with zero attached hydrogens (tertiary/aromatic N) is 1. The minimum Gasteiger partial charge on any atom is -0.495 e.